The summed E-state index contributed by atoms with van der Waals surface area (Å²) in [5.74, 6) is -0.438. The molecule has 7 unspecified atom stereocenters. The van der Waals surface area contributed by atoms with Crippen LogP contribution in [0.5, 0.6) is 0 Å². The number of hydrogen-bond donors (Lipinski definition) is 5. The van der Waals surface area contributed by atoms with E-state index < -0.39 is 42.2 Å². The van der Waals surface area contributed by atoms with Crippen LogP contribution in [0.4, 0.5) is 0 Å². The molecule has 5 N–H and O–H groups in total. The Morgan fingerprint density at radius 1 is 0.951 bits per heavy atom. The molecule has 9 nitrogen and oxygen atoms in total. The molecule has 7 atom stereocenters. The molecule has 0 aliphatic carbocycles. The van der Waals surface area contributed by atoms with Crippen molar-refractivity contribution < 1.29 is 34.4 Å². The highest BCUT2D eigenvalue weighted by molar-refractivity contribution is 5.87. The van der Waals surface area contributed by atoms with E-state index in [0.717, 1.165) is 0 Å². The number of aliphatic hydroxyl groups excluding tert-OH is 2. The molecule has 0 aromatic heterocycles. The van der Waals surface area contributed by atoms with E-state index >= 15 is 0 Å². The number of carbonyl (C=O) groups is 2. The summed E-state index contributed by atoms with van der Waals surface area (Å²) in [6, 6.07) is -1.05. The Morgan fingerprint density at radius 2 is 1.51 bits per heavy atom. The van der Waals surface area contributed by atoms with Crippen molar-refractivity contribution in [3.05, 3.63) is 109 Å². The van der Waals surface area contributed by atoms with Crippen LogP contribution in [0.3, 0.4) is 0 Å². The number of allylic oxidation sites excluding steroid dienone is 14. The average Bonchev–Trinajstić information content (AvgIpc) is 2.92. The SMILES string of the molecule is CC(=O)NC1C(OC2C=CC=CC=CC=CC=CC(C)CNC(=O)C=CC=CC=CC=CC2(C)O)OCC(O)C1O. The van der Waals surface area contributed by atoms with Crippen molar-refractivity contribution in [2.75, 3.05) is 13.2 Å². The molecule has 0 bridgehead atoms. The zero-order valence-electron chi connectivity index (χ0n) is 23.7. The fraction of sp³-hybridized carbons (Fsp3) is 0.375. The quantitative estimate of drug-likeness (QED) is 0.354. The van der Waals surface area contributed by atoms with Gasteiger partial charge in [-0.3, -0.25) is 9.59 Å². The van der Waals surface area contributed by atoms with E-state index in [1.165, 1.54) is 13.0 Å². The summed E-state index contributed by atoms with van der Waals surface area (Å²) in [5, 5.41) is 37.2. The molecule has 0 saturated carbocycles. The lowest BCUT2D eigenvalue weighted by molar-refractivity contribution is -0.255. The molecule has 2 amide bonds. The van der Waals surface area contributed by atoms with Gasteiger partial charge in [0, 0.05) is 19.5 Å². The Kier molecular flexibility index (Phi) is 14.7. The van der Waals surface area contributed by atoms with Gasteiger partial charge in [-0.15, -0.1) is 0 Å². The normalized spacial score (nSPS) is 32.0. The van der Waals surface area contributed by atoms with Crippen LogP contribution in [-0.4, -0.2) is 76.5 Å². The lowest BCUT2D eigenvalue weighted by Crippen LogP contribution is -2.62. The van der Waals surface area contributed by atoms with E-state index in [-0.39, 0.29) is 18.4 Å². The second-order valence-corrected chi connectivity index (χ2v) is 9.90. The fourth-order valence-electron chi connectivity index (χ4n) is 3.77. The van der Waals surface area contributed by atoms with E-state index in [4.69, 9.17) is 9.47 Å². The van der Waals surface area contributed by atoms with Crippen LogP contribution in [0.15, 0.2) is 109 Å². The molecule has 2 aliphatic heterocycles. The molecule has 1 saturated heterocycles. The van der Waals surface area contributed by atoms with Gasteiger partial charge < -0.3 is 35.4 Å². The third-order valence-electron chi connectivity index (χ3n) is 6.05. The van der Waals surface area contributed by atoms with Gasteiger partial charge in [-0.2, -0.15) is 0 Å². The summed E-state index contributed by atoms with van der Waals surface area (Å²) in [6.45, 7) is 5.18. The van der Waals surface area contributed by atoms with Gasteiger partial charge in [-0.05, 0) is 12.8 Å². The molecule has 9 heteroatoms. The van der Waals surface area contributed by atoms with Crippen molar-refractivity contribution in [3.8, 4) is 0 Å². The largest absolute Gasteiger partial charge is 0.388 e. The molecule has 1 fully saturated rings. The highest BCUT2D eigenvalue weighted by Crippen LogP contribution is 2.24. The molecular formula is C32H42N2O7. The van der Waals surface area contributed by atoms with Crippen LogP contribution in [0.25, 0.3) is 0 Å². The molecule has 41 heavy (non-hydrogen) atoms. The maximum Gasteiger partial charge on any atom is 0.243 e. The van der Waals surface area contributed by atoms with Crippen LogP contribution in [0.1, 0.15) is 20.8 Å². The first-order chi connectivity index (χ1) is 19.6. The Morgan fingerprint density at radius 3 is 2.15 bits per heavy atom. The molecular weight excluding hydrogens is 524 g/mol. The number of carbonyl (C=O) groups excluding carboxylic acids is 2. The highest BCUT2D eigenvalue weighted by Gasteiger charge is 2.42. The monoisotopic (exact) mass is 566 g/mol. The van der Waals surface area contributed by atoms with Crippen molar-refractivity contribution in [1.29, 1.82) is 0 Å². The first-order valence-electron chi connectivity index (χ1n) is 13.5. The fourth-order valence-corrected chi connectivity index (χ4v) is 3.77. The number of ether oxygens (including phenoxy) is 2. The van der Waals surface area contributed by atoms with Gasteiger partial charge in [0.25, 0.3) is 0 Å². The lowest BCUT2D eigenvalue weighted by atomic mass is 9.96. The number of nitrogens with one attached hydrogen (secondary N) is 2. The van der Waals surface area contributed by atoms with Gasteiger partial charge in [0.2, 0.25) is 11.8 Å². The molecule has 0 aromatic carbocycles. The Balaban J connectivity index is 2.29. The summed E-state index contributed by atoms with van der Waals surface area (Å²) in [6.07, 6.45) is 26.9. The first-order valence-corrected chi connectivity index (χ1v) is 13.5. The van der Waals surface area contributed by atoms with Crippen molar-refractivity contribution in [3.63, 3.8) is 0 Å². The van der Waals surface area contributed by atoms with E-state index in [1.54, 1.807) is 67.7 Å². The predicted octanol–water partition coefficient (Wildman–Crippen LogP) is 2.48. The first kappa shape index (κ1) is 33.6. The Hall–Kier alpha value is -3.60. The smallest absolute Gasteiger partial charge is 0.243 e. The van der Waals surface area contributed by atoms with Crippen LogP contribution in [-0.2, 0) is 19.1 Å². The molecule has 222 valence electrons. The minimum atomic E-state index is -1.53. The molecule has 2 aliphatic rings. The number of amides is 2. The second kappa shape index (κ2) is 18.0. The summed E-state index contributed by atoms with van der Waals surface area (Å²) in [4.78, 5) is 23.7. The number of rotatable bonds is 3. The van der Waals surface area contributed by atoms with Gasteiger partial charge in [0.15, 0.2) is 6.29 Å². The average molecular weight is 567 g/mol. The summed E-state index contributed by atoms with van der Waals surface area (Å²) < 4.78 is 11.7. The lowest BCUT2D eigenvalue weighted by Gasteiger charge is -2.41. The molecule has 0 radical (unpaired) electrons. The van der Waals surface area contributed by atoms with E-state index in [2.05, 4.69) is 10.6 Å². The zero-order valence-corrected chi connectivity index (χ0v) is 23.7. The van der Waals surface area contributed by atoms with Gasteiger partial charge in [-0.1, -0.05) is 110 Å². The van der Waals surface area contributed by atoms with Gasteiger partial charge in [0.05, 0.1) is 6.61 Å². The Bertz CT molecular complexity index is 1110. The summed E-state index contributed by atoms with van der Waals surface area (Å²) in [7, 11) is 0. The van der Waals surface area contributed by atoms with Crippen LogP contribution in [0.2, 0.25) is 0 Å². The maximum absolute atomic E-state index is 12.0. The predicted molar refractivity (Wildman–Crippen MR) is 159 cm³/mol. The highest BCUT2D eigenvalue weighted by atomic mass is 16.7. The minimum Gasteiger partial charge on any atom is -0.388 e. The standard InChI is InChI=1S/C32H42N2O7/c1-24-18-14-10-6-4-5-7-11-15-19-27(41-31-29(34-25(2)35)30(38)26(36)23-40-31)32(3,39)21-17-13-9-8-12-16-20-28(37)33-22-24/h4-21,24,26-27,29-31,36,38-39H,22-23H2,1-3H3,(H,33,37)(H,34,35). The number of hydrogen-bond acceptors (Lipinski definition) is 7. The maximum atomic E-state index is 12.0. The topological polar surface area (TPSA) is 137 Å². The van der Waals surface area contributed by atoms with Crippen LogP contribution >= 0.6 is 0 Å². The van der Waals surface area contributed by atoms with E-state index in [1.807, 2.05) is 49.5 Å². The molecule has 2 heterocycles. The molecule has 2 rings (SSSR count). The second-order valence-electron chi connectivity index (χ2n) is 9.90. The van der Waals surface area contributed by atoms with Crippen LogP contribution in [0, 0.1) is 5.92 Å². The van der Waals surface area contributed by atoms with Gasteiger partial charge in [0.1, 0.15) is 30.0 Å². The van der Waals surface area contributed by atoms with Gasteiger partial charge >= 0.3 is 0 Å². The van der Waals surface area contributed by atoms with E-state index in [9.17, 15) is 24.9 Å². The summed E-state index contributed by atoms with van der Waals surface area (Å²) >= 11 is 0. The zero-order chi connectivity index (χ0) is 30.1. The van der Waals surface area contributed by atoms with Crippen molar-refractivity contribution >= 4 is 11.8 Å². The van der Waals surface area contributed by atoms with Crippen molar-refractivity contribution in [2.45, 2.75) is 57.0 Å². The third-order valence-corrected chi connectivity index (χ3v) is 6.05. The van der Waals surface area contributed by atoms with E-state index in [0.29, 0.717) is 6.54 Å². The molecule has 0 spiro atoms. The Labute approximate surface area is 242 Å². The molecule has 0 aromatic rings. The van der Waals surface area contributed by atoms with Gasteiger partial charge in [-0.25, -0.2) is 0 Å². The minimum absolute atomic E-state index is 0.176. The number of aliphatic hydroxyl groups is 3. The third kappa shape index (κ3) is 13.1. The van der Waals surface area contributed by atoms with Crippen molar-refractivity contribution in [1.82, 2.24) is 10.6 Å². The van der Waals surface area contributed by atoms with Crippen molar-refractivity contribution in [2.24, 2.45) is 5.92 Å². The van der Waals surface area contributed by atoms with Crippen LogP contribution < -0.4 is 10.6 Å². The summed E-state index contributed by atoms with van der Waals surface area (Å²) in [5.41, 5.74) is -1.53.